The van der Waals surface area contributed by atoms with Crippen LogP contribution in [0.1, 0.15) is 19.4 Å². The summed E-state index contributed by atoms with van der Waals surface area (Å²) < 4.78 is 11.4. The highest BCUT2D eigenvalue weighted by Crippen LogP contribution is 2.30. The Morgan fingerprint density at radius 2 is 1.85 bits per heavy atom. The van der Waals surface area contributed by atoms with E-state index in [4.69, 9.17) is 21.1 Å². The van der Waals surface area contributed by atoms with Crippen molar-refractivity contribution in [1.82, 2.24) is 10.3 Å². The van der Waals surface area contributed by atoms with Crippen LogP contribution in [0, 0.1) is 0 Å². The number of morpholine rings is 1. The van der Waals surface area contributed by atoms with Crippen molar-refractivity contribution in [3.63, 3.8) is 0 Å². The number of nitrogens with one attached hydrogen (secondary N) is 1. The molecule has 0 radical (unpaired) electrons. The molecular formula is C26H28ClN3O3. The number of nitrogens with zero attached hydrogens (tertiary/aromatic N) is 2. The van der Waals surface area contributed by atoms with Crippen LogP contribution in [0.3, 0.4) is 0 Å². The van der Waals surface area contributed by atoms with Crippen molar-refractivity contribution in [2.24, 2.45) is 0 Å². The van der Waals surface area contributed by atoms with Gasteiger partial charge in [-0.2, -0.15) is 0 Å². The molecule has 2 atom stereocenters. The van der Waals surface area contributed by atoms with E-state index in [2.05, 4.69) is 29.0 Å². The van der Waals surface area contributed by atoms with E-state index in [1.165, 1.54) is 0 Å². The lowest BCUT2D eigenvalue weighted by molar-refractivity contribution is -0.123. The molecular weight excluding hydrogens is 438 g/mol. The molecule has 0 aliphatic carbocycles. The number of pyridine rings is 1. The normalized spacial score (nSPS) is 18.1. The molecule has 2 unspecified atom stereocenters. The fourth-order valence-corrected chi connectivity index (χ4v) is 4.13. The van der Waals surface area contributed by atoms with Gasteiger partial charge in [-0.15, -0.1) is 0 Å². The maximum Gasteiger partial charge on any atom is 0.258 e. The van der Waals surface area contributed by atoms with Crippen LogP contribution >= 0.6 is 11.6 Å². The van der Waals surface area contributed by atoms with Gasteiger partial charge in [0.15, 0.2) is 6.61 Å². The van der Waals surface area contributed by atoms with Crippen molar-refractivity contribution in [2.45, 2.75) is 32.6 Å². The number of carbonyl (C=O) groups is 1. The molecule has 4 rings (SSSR count). The molecule has 33 heavy (non-hydrogen) atoms. The Morgan fingerprint density at radius 1 is 1.09 bits per heavy atom. The van der Waals surface area contributed by atoms with E-state index < -0.39 is 0 Å². The zero-order valence-electron chi connectivity index (χ0n) is 18.8. The third kappa shape index (κ3) is 6.24. The van der Waals surface area contributed by atoms with Crippen LogP contribution in [0.5, 0.6) is 5.75 Å². The first-order valence-corrected chi connectivity index (χ1v) is 11.5. The second-order valence-corrected chi connectivity index (χ2v) is 8.67. The average Bonchev–Trinajstić information content (AvgIpc) is 2.82. The summed E-state index contributed by atoms with van der Waals surface area (Å²) in [7, 11) is 0. The minimum absolute atomic E-state index is 0.112. The molecule has 2 aromatic carbocycles. The first-order valence-electron chi connectivity index (χ1n) is 11.1. The lowest BCUT2D eigenvalue weighted by Crippen LogP contribution is -2.45. The van der Waals surface area contributed by atoms with Gasteiger partial charge < -0.3 is 19.7 Å². The van der Waals surface area contributed by atoms with Crippen molar-refractivity contribution >= 4 is 23.3 Å². The molecule has 6 nitrogen and oxygen atoms in total. The minimum atomic E-state index is -0.224. The number of hydrogen-bond donors (Lipinski definition) is 1. The van der Waals surface area contributed by atoms with Gasteiger partial charge in [-0.1, -0.05) is 54.1 Å². The van der Waals surface area contributed by atoms with Gasteiger partial charge in [0, 0.05) is 25.8 Å². The Hall–Kier alpha value is -3.09. The number of hydrogen-bond acceptors (Lipinski definition) is 5. The summed E-state index contributed by atoms with van der Waals surface area (Å²) in [4.78, 5) is 19.0. The molecule has 3 aromatic rings. The highest BCUT2D eigenvalue weighted by atomic mass is 35.5. The Kier molecular flexibility index (Phi) is 7.47. The topological polar surface area (TPSA) is 63.7 Å². The van der Waals surface area contributed by atoms with Crippen LogP contribution in [0.4, 0.5) is 5.82 Å². The lowest BCUT2D eigenvalue weighted by Gasteiger charge is -2.36. The molecule has 1 amide bonds. The van der Waals surface area contributed by atoms with Crippen molar-refractivity contribution < 1.29 is 14.3 Å². The van der Waals surface area contributed by atoms with Gasteiger partial charge in [0.1, 0.15) is 11.6 Å². The Balaban J connectivity index is 1.26. The number of benzene rings is 2. The smallest absolute Gasteiger partial charge is 0.258 e. The molecule has 1 fully saturated rings. The third-order valence-electron chi connectivity index (χ3n) is 5.44. The Labute approximate surface area is 199 Å². The molecule has 7 heteroatoms. The third-order valence-corrected chi connectivity index (χ3v) is 5.74. The molecule has 0 saturated carbocycles. The molecule has 1 aliphatic rings. The average molecular weight is 466 g/mol. The molecule has 0 bridgehead atoms. The van der Waals surface area contributed by atoms with Crippen LogP contribution in [0.15, 0.2) is 66.9 Å². The zero-order chi connectivity index (χ0) is 23.2. The molecule has 1 aromatic heterocycles. The van der Waals surface area contributed by atoms with Crippen molar-refractivity contribution in [2.75, 3.05) is 24.6 Å². The Bertz CT molecular complexity index is 1070. The monoisotopic (exact) mass is 465 g/mol. The van der Waals surface area contributed by atoms with Crippen LogP contribution in [0.2, 0.25) is 5.02 Å². The first-order chi connectivity index (χ1) is 16.0. The van der Waals surface area contributed by atoms with Crippen molar-refractivity contribution in [3.8, 4) is 16.9 Å². The Morgan fingerprint density at radius 3 is 2.52 bits per heavy atom. The number of aromatic nitrogens is 1. The maximum atomic E-state index is 12.3. The zero-order valence-corrected chi connectivity index (χ0v) is 19.6. The second kappa shape index (κ2) is 10.7. The maximum absolute atomic E-state index is 12.3. The summed E-state index contributed by atoms with van der Waals surface area (Å²) in [5, 5.41) is 3.33. The van der Waals surface area contributed by atoms with Gasteiger partial charge in [0.2, 0.25) is 0 Å². The van der Waals surface area contributed by atoms with E-state index in [0.29, 0.717) is 17.3 Å². The highest BCUT2D eigenvalue weighted by Gasteiger charge is 2.23. The minimum Gasteiger partial charge on any atom is -0.482 e. The summed E-state index contributed by atoms with van der Waals surface area (Å²) >= 11 is 6.36. The molecule has 2 heterocycles. The molecule has 1 aliphatic heterocycles. The van der Waals surface area contributed by atoms with E-state index in [9.17, 15) is 4.79 Å². The number of amides is 1. The SMILES string of the molecule is CC1CN(c2ccc(CNC(=O)COc3ccc(-c4ccccc4)cc3Cl)cn2)CC(C)O1. The van der Waals surface area contributed by atoms with Gasteiger partial charge >= 0.3 is 0 Å². The molecule has 172 valence electrons. The summed E-state index contributed by atoms with van der Waals surface area (Å²) in [5.41, 5.74) is 2.99. The fraction of sp³-hybridized carbons (Fsp3) is 0.308. The number of rotatable bonds is 7. The number of ether oxygens (including phenoxy) is 2. The fourth-order valence-electron chi connectivity index (χ4n) is 3.90. The quantitative estimate of drug-likeness (QED) is 0.547. The van der Waals surface area contributed by atoms with Gasteiger partial charge in [-0.25, -0.2) is 4.98 Å². The van der Waals surface area contributed by atoms with Gasteiger partial charge in [0.25, 0.3) is 5.91 Å². The number of carbonyl (C=O) groups excluding carboxylic acids is 1. The molecule has 1 N–H and O–H groups in total. The van der Waals surface area contributed by atoms with E-state index in [-0.39, 0.29) is 24.7 Å². The summed E-state index contributed by atoms with van der Waals surface area (Å²) in [6, 6.07) is 19.5. The van der Waals surface area contributed by atoms with Gasteiger partial charge in [-0.05, 0) is 48.7 Å². The summed E-state index contributed by atoms with van der Waals surface area (Å²) in [6.07, 6.45) is 2.15. The summed E-state index contributed by atoms with van der Waals surface area (Å²) in [5.74, 6) is 1.17. The van der Waals surface area contributed by atoms with Crippen molar-refractivity contribution in [3.05, 3.63) is 77.4 Å². The summed E-state index contributed by atoms with van der Waals surface area (Å²) in [6.45, 7) is 6.05. The standard InChI is InChI=1S/C26H28ClN3O3/c1-18-15-30(16-19(2)33-18)25-11-8-20(13-28-25)14-29-26(31)17-32-24-10-9-22(12-23(24)27)21-6-4-3-5-7-21/h3-13,18-19H,14-17H2,1-2H3,(H,29,31). The van der Waals surface area contributed by atoms with E-state index in [0.717, 1.165) is 35.6 Å². The molecule has 1 saturated heterocycles. The van der Waals surface area contributed by atoms with Crippen LogP contribution in [-0.4, -0.2) is 42.8 Å². The van der Waals surface area contributed by atoms with Gasteiger partial charge in [0.05, 0.1) is 17.2 Å². The van der Waals surface area contributed by atoms with Crippen LogP contribution in [-0.2, 0) is 16.1 Å². The van der Waals surface area contributed by atoms with E-state index >= 15 is 0 Å². The van der Waals surface area contributed by atoms with E-state index in [1.807, 2.05) is 54.6 Å². The number of halogens is 1. The van der Waals surface area contributed by atoms with Crippen LogP contribution in [0.25, 0.3) is 11.1 Å². The largest absolute Gasteiger partial charge is 0.482 e. The predicted molar refractivity (Wildman–Crippen MR) is 131 cm³/mol. The molecule has 0 spiro atoms. The lowest BCUT2D eigenvalue weighted by atomic mass is 10.1. The first kappa shape index (κ1) is 23.1. The van der Waals surface area contributed by atoms with Gasteiger partial charge in [-0.3, -0.25) is 4.79 Å². The van der Waals surface area contributed by atoms with Crippen molar-refractivity contribution in [1.29, 1.82) is 0 Å². The number of anilines is 1. The van der Waals surface area contributed by atoms with E-state index in [1.54, 1.807) is 12.3 Å². The van der Waals surface area contributed by atoms with Crippen LogP contribution < -0.4 is 15.0 Å². The highest BCUT2D eigenvalue weighted by molar-refractivity contribution is 6.32. The second-order valence-electron chi connectivity index (χ2n) is 8.26. The predicted octanol–water partition coefficient (Wildman–Crippen LogP) is 4.71.